The van der Waals surface area contributed by atoms with Crippen LogP contribution >= 0.6 is 15.9 Å². The van der Waals surface area contributed by atoms with Gasteiger partial charge in [-0.25, -0.2) is 4.79 Å². The number of Topliss-reactive ketones (excluding diaryl/α,β-unsaturated/α-hetero) is 1. The minimum absolute atomic E-state index is 0.0894. The zero-order valence-corrected chi connectivity index (χ0v) is 17.0. The van der Waals surface area contributed by atoms with Crippen LogP contribution in [0.4, 0.5) is 0 Å². The van der Waals surface area contributed by atoms with Crippen molar-refractivity contribution in [2.45, 2.75) is 46.1 Å². The Morgan fingerprint density at radius 1 is 1.04 bits per heavy atom. The van der Waals surface area contributed by atoms with Gasteiger partial charge in [-0.1, -0.05) is 55.8 Å². The predicted octanol–water partition coefficient (Wildman–Crippen LogP) is 5.54. The van der Waals surface area contributed by atoms with E-state index in [1.54, 1.807) is 12.1 Å². The summed E-state index contributed by atoms with van der Waals surface area (Å²) in [6, 6.07) is 11.2. The summed E-state index contributed by atoms with van der Waals surface area (Å²) in [5.41, 5.74) is 2.90. The average molecular weight is 419 g/mol. The summed E-state index contributed by atoms with van der Waals surface area (Å²) in [7, 11) is 0. The monoisotopic (exact) mass is 418 g/mol. The van der Waals surface area contributed by atoms with Crippen LogP contribution in [0.25, 0.3) is 0 Å². The van der Waals surface area contributed by atoms with Gasteiger partial charge in [0.2, 0.25) is 0 Å². The first-order valence-electron chi connectivity index (χ1n) is 8.53. The summed E-state index contributed by atoms with van der Waals surface area (Å²) >= 11 is 3.45. The van der Waals surface area contributed by atoms with Crippen LogP contribution in [0.5, 0.6) is 5.75 Å². The fraction of sp³-hybridized carbons (Fsp3) is 0.333. The smallest absolute Gasteiger partial charge is 0.377 e. The molecule has 5 heteroatoms. The van der Waals surface area contributed by atoms with Gasteiger partial charge in [-0.05, 0) is 52.8 Å². The van der Waals surface area contributed by atoms with E-state index in [2.05, 4.69) is 15.9 Å². The summed E-state index contributed by atoms with van der Waals surface area (Å²) < 4.78 is 7.13. The first-order chi connectivity index (χ1) is 12.2. The quantitative estimate of drug-likeness (QED) is 0.473. The van der Waals surface area contributed by atoms with Crippen molar-refractivity contribution in [3.05, 3.63) is 63.1 Å². The Morgan fingerprint density at radius 3 is 2.08 bits per heavy atom. The van der Waals surface area contributed by atoms with E-state index >= 15 is 0 Å². The molecular weight excluding hydrogens is 396 g/mol. The number of ether oxygens (including phenoxy) is 1. The van der Waals surface area contributed by atoms with E-state index in [0.717, 1.165) is 26.9 Å². The van der Waals surface area contributed by atoms with Gasteiger partial charge in [-0.2, -0.15) is 0 Å². The van der Waals surface area contributed by atoms with Crippen LogP contribution in [0.2, 0.25) is 0 Å². The lowest BCUT2D eigenvalue weighted by atomic mass is 9.90. The lowest BCUT2D eigenvalue weighted by Gasteiger charge is -2.21. The first-order valence-corrected chi connectivity index (χ1v) is 9.32. The number of rotatable bonds is 7. The van der Waals surface area contributed by atoms with Crippen molar-refractivity contribution < 1.29 is 19.4 Å². The Balaban J connectivity index is 2.48. The van der Waals surface area contributed by atoms with Gasteiger partial charge >= 0.3 is 5.97 Å². The van der Waals surface area contributed by atoms with E-state index < -0.39 is 11.8 Å². The average Bonchev–Trinajstić information content (AvgIpc) is 2.58. The number of aliphatic carboxylic acids is 1. The second kappa shape index (κ2) is 8.49. The summed E-state index contributed by atoms with van der Waals surface area (Å²) in [5.74, 6) is -1.43. The molecule has 1 N–H and O–H groups in total. The molecule has 0 aliphatic rings. The molecule has 0 aromatic heterocycles. The van der Waals surface area contributed by atoms with Crippen LogP contribution in [0.1, 0.15) is 66.6 Å². The fourth-order valence-corrected chi connectivity index (χ4v) is 3.18. The van der Waals surface area contributed by atoms with Crippen LogP contribution in [-0.2, 0) is 11.4 Å². The van der Waals surface area contributed by atoms with E-state index in [9.17, 15) is 9.59 Å². The molecular formula is C21H23BrO4. The number of carbonyl (C=O) groups is 2. The number of carboxylic acid groups (broad SMARTS) is 1. The number of hydrogen-bond donors (Lipinski definition) is 1. The largest absolute Gasteiger partial charge is 0.488 e. The fourth-order valence-electron chi connectivity index (χ4n) is 2.74. The third-order valence-electron chi connectivity index (χ3n) is 4.12. The molecule has 0 fully saturated rings. The molecule has 0 heterocycles. The molecule has 0 saturated carbocycles. The van der Waals surface area contributed by atoms with Crippen LogP contribution in [0, 0.1) is 0 Å². The molecule has 0 aliphatic heterocycles. The first kappa shape index (κ1) is 20.2. The molecule has 0 amide bonds. The minimum Gasteiger partial charge on any atom is -0.488 e. The van der Waals surface area contributed by atoms with Gasteiger partial charge < -0.3 is 9.84 Å². The van der Waals surface area contributed by atoms with Crippen molar-refractivity contribution in [3.8, 4) is 5.75 Å². The Labute approximate surface area is 162 Å². The van der Waals surface area contributed by atoms with Crippen LogP contribution < -0.4 is 4.74 Å². The molecule has 0 radical (unpaired) electrons. The maximum absolute atomic E-state index is 12.0. The van der Waals surface area contributed by atoms with E-state index in [1.165, 1.54) is 0 Å². The molecule has 0 bridgehead atoms. The van der Waals surface area contributed by atoms with Crippen molar-refractivity contribution in [1.29, 1.82) is 0 Å². The highest BCUT2D eigenvalue weighted by molar-refractivity contribution is 9.10. The molecule has 0 saturated heterocycles. The number of hydrogen-bond acceptors (Lipinski definition) is 3. The summed E-state index contributed by atoms with van der Waals surface area (Å²) in [5, 5.41) is 9.06. The molecule has 138 valence electrons. The molecule has 0 unspecified atom stereocenters. The van der Waals surface area contributed by atoms with Crippen molar-refractivity contribution >= 4 is 27.7 Å². The second-order valence-electron chi connectivity index (χ2n) is 6.85. The summed E-state index contributed by atoms with van der Waals surface area (Å²) in [6.07, 6.45) is 0. The van der Waals surface area contributed by atoms with Crippen LogP contribution in [-0.4, -0.2) is 16.9 Å². The molecule has 2 aromatic carbocycles. The van der Waals surface area contributed by atoms with Gasteiger partial charge in [0.1, 0.15) is 12.4 Å². The predicted molar refractivity (Wildman–Crippen MR) is 105 cm³/mol. The maximum Gasteiger partial charge on any atom is 0.377 e. The number of benzene rings is 2. The number of carbonyl (C=O) groups excluding carboxylic acids is 1. The number of carboxylic acids is 1. The summed E-state index contributed by atoms with van der Waals surface area (Å²) in [6.45, 7) is 8.40. The molecule has 0 atom stereocenters. The highest BCUT2D eigenvalue weighted by Crippen LogP contribution is 2.36. The Hall–Kier alpha value is -2.14. The Bertz CT molecular complexity index is 796. The zero-order chi connectivity index (χ0) is 19.4. The van der Waals surface area contributed by atoms with Crippen molar-refractivity contribution in [1.82, 2.24) is 0 Å². The molecule has 2 rings (SSSR count). The van der Waals surface area contributed by atoms with Gasteiger partial charge in [-0.15, -0.1) is 0 Å². The normalized spacial score (nSPS) is 11.0. The van der Waals surface area contributed by atoms with E-state index in [0.29, 0.717) is 6.61 Å². The van der Waals surface area contributed by atoms with E-state index in [1.807, 2.05) is 52.0 Å². The van der Waals surface area contributed by atoms with Gasteiger partial charge in [0.25, 0.3) is 5.78 Å². The lowest BCUT2D eigenvalue weighted by Crippen LogP contribution is -2.15. The van der Waals surface area contributed by atoms with Gasteiger partial charge in [0, 0.05) is 10.0 Å². The molecule has 26 heavy (non-hydrogen) atoms. The highest BCUT2D eigenvalue weighted by Gasteiger charge is 2.22. The lowest BCUT2D eigenvalue weighted by molar-refractivity contribution is -0.131. The van der Waals surface area contributed by atoms with Crippen LogP contribution in [0.15, 0.2) is 40.9 Å². The van der Waals surface area contributed by atoms with E-state index in [4.69, 9.17) is 9.84 Å². The molecule has 0 spiro atoms. The molecule has 4 nitrogen and oxygen atoms in total. The Kier molecular flexibility index (Phi) is 6.59. The van der Waals surface area contributed by atoms with Gasteiger partial charge in [0.05, 0.1) is 0 Å². The zero-order valence-electron chi connectivity index (χ0n) is 15.4. The topological polar surface area (TPSA) is 63.6 Å². The van der Waals surface area contributed by atoms with Gasteiger partial charge in [0.15, 0.2) is 0 Å². The number of ketones is 1. The molecule has 2 aromatic rings. The third kappa shape index (κ3) is 4.73. The van der Waals surface area contributed by atoms with Crippen molar-refractivity contribution in [3.63, 3.8) is 0 Å². The van der Waals surface area contributed by atoms with E-state index in [-0.39, 0.29) is 17.4 Å². The van der Waals surface area contributed by atoms with Crippen molar-refractivity contribution in [2.24, 2.45) is 0 Å². The van der Waals surface area contributed by atoms with Crippen LogP contribution in [0.3, 0.4) is 0 Å². The summed E-state index contributed by atoms with van der Waals surface area (Å²) in [4.78, 5) is 23.1. The van der Waals surface area contributed by atoms with Gasteiger partial charge in [-0.3, -0.25) is 4.79 Å². The maximum atomic E-state index is 12.0. The third-order valence-corrected chi connectivity index (χ3v) is 4.61. The SMILES string of the molecule is CC(C)c1cc(C(=O)C(=O)O)cc(C(C)C)c1OCc1cccc(Br)c1. The molecule has 0 aliphatic carbocycles. The number of halogens is 1. The second-order valence-corrected chi connectivity index (χ2v) is 7.76. The minimum atomic E-state index is -1.45. The standard InChI is InChI=1S/C21H23BrO4/c1-12(2)17-9-15(19(23)21(24)25)10-18(13(3)4)20(17)26-11-14-6-5-7-16(22)8-14/h5-10,12-13H,11H2,1-4H3,(H,24,25). The Morgan fingerprint density at radius 2 is 1.62 bits per heavy atom. The van der Waals surface area contributed by atoms with Crippen molar-refractivity contribution in [2.75, 3.05) is 0 Å². The highest BCUT2D eigenvalue weighted by atomic mass is 79.9.